The van der Waals surface area contributed by atoms with Crippen molar-refractivity contribution in [2.24, 2.45) is 0 Å². The molecule has 0 saturated carbocycles. The summed E-state index contributed by atoms with van der Waals surface area (Å²) in [5, 5.41) is 3.03. The van der Waals surface area contributed by atoms with Crippen LogP contribution in [0.5, 0.6) is 0 Å². The first-order valence-corrected chi connectivity index (χ1v) is 7.98. The Morgan fingerprint density at radius 1 is 0.947 bits per heavy atom. The molecule has 2 rings (SSSR count). The summed E-state index contributed by atoms with van der Waals surface area (Å²) >= 11 is 0. The van der Waals surface area contributed by atoms with Crippen LogP contribution in [0.2, 0.25) is 0 Å². The van der Waals surface area contributed by atoms with Gasteiger partial charge in [0.1, 0.15) is 0 Å². The topological polar surface area (TPSA) is 46.2 Å². The third kappa shape index (κ3) is 5.77. The number of anilines is 1. The maximum absolute atomic E-state index is 10.7. The summed E-state index contributed by atoms with van der Waals surface area (Å²) in [6.07, 6.45) is 0. The molecule has 1 N–H and O–H groups in total. The number of hydrogen-bond donors (Lipinski definition) is 1. The Morgan fingerprint density at radius 3 is 1.84 bits per heavy atom. The van der Waals surface area contributed by atoms with Crippen molar-refractivity contribution in [1.82, 2.24) is 0 Å². The predicted octanol–water partition coefficient (Wildman–Crippen LogP) is 3.65. The van der Waals surface area contributed by atoms with E-state index in [1.165, 1.54) is 12.1 Å². The smallest absolute Gasteiger partial charge is 0.261 e. The second-order valence-electron chi connectivity index (χ2n) is 3.87. The molecular formula is C14H16ClNO2S. The first-order chi connectivity index (χ1) is 8.93. The van der Waals surface area contributed by atoms with Crippen molar-refractivity contribution in [2.75, 3.05) is 12.4 Å². The molecule has 0 aromatic heterocycles. The van der Waals surface area contributed by atoms with Crippen LogP contribution in [0, 0.1) is 6.92 Å². The SMILES string of the molecule is CNc1ccccc1.Cc1ccc(S(=O)(=O)Cl)cc1. The van der Waals surface area contributed by atoms with Crippen molar-refractivity contribution in [2.45, 2.75) is 11.8 Å². The van der Waals surface area contributed by atoms with Gasteiger partial charge in [0.05, 0.1) is 4.90 Å². The van der Waals surface area contributed by atoms with Crippen LogP contribution in [0.3, 0.4) is 0 Å². The van der Waals surface area contributed by atoms with Gasteiger partial charge in [0, 0.05) is 23.4 Å². The molecule has 0 fully saturated rings. The Morgan fingerprint density at radius 2 is 1.47 bits per heavy atom. The van der Waals surface area contributed by atoms with Crippen LogP contribution in [0.1, 0.15) is 5.56 Å². The molecule has 0 saturated heterocycles. The van der Waals surface area contributed by atoms with Gasteiger partial charge >= 0.3 is 0 Å². The molecule has 0 aliphatic carbocycles. The van der Waals surface area contributed by atoms with Gasteiger partial charge in [-0.3, -0.25) is 0 Å². The summed E-state index contributed by atoms with van der Waals surface area (Å²) in [6, 6.07) is 16.4. The molecule has 2 aromatic rings. The number of hydrogen-bond acceptors (Lipinski definition) is 3. The number of nitrogens with one attached hydrogen (secondary N) is 1. The van der Waals surface area contributed by atoms with Gasteiger partial charge in [-0.25, -0.2) is 8.42 Å². The summed E-state index contributed by atoms with van der Waals surface area (Å²) in [6.45, 7) is 1.88. The monoisotopic (exact) mass is 297 g/mol. The molecule has 3 nitrogen and oxygen atoms in total. The molecule has 0 spiro atoms. The lowest BCUT2D eigenvalue weighted by Crippen LogP contribution is -1.89. The lowest BCUT2D eigenvalue weighted by molar-refractivity contribution is 0.609. The van der Waals surface area contributed by atoms with Gasteiger partial charge in [0.25, 0.3) is 9.05 Å². The zero-order valence-electron chi connectivity index (χ0n) is 10.8. The van der Waals surface area contributed by atoms with E-state index in [1.54, 1.807) is 12.1 Å². The fourth-order valence-electron chi connectivity index (χ4n) is 1.31. The average molecular weight is 298 g/mol. The molecule has 5 heteroatoms. The highest BCUT2D eigenvalue weighted by atomic mass is 35.7. The van der Waals surface area contributed by atoms with E-state index in [-0.39, 0.29) is 4.90 Å². The van der Waals surface area contributed by atoms with Crippen LogP contribution in [-0.4, -0.2) is 15.5 Å². The molecule has 0 bridgehead atoms. The fourth-order valence-corrected chi connectivity index (χ4v) is 2.08. The molecule has 0 radical (unpaired) electrons. The number of rotatable bonds is 2. The maximum Gasteiger partial charge on any atom is 0.261 e. The first-order valence-electron chi connectivity index (χ1n) is 5.67. The largest absolute Gasteiger partial charge is 0.388 e. The molecule has 0 amide bonds. The van der Waals surface area contributed by atoms with Crippen LogP contribution in [0.25, 0.3) is 0 Å². The van der Waals surface area contributed by atoms with Crippen molar-refractivity contribution >= 4 is 25.4 Å². The highest BCUT2D eigenvalue weighted by molar-refractivity contribution is 8.13. The van der Waals surface area contributed by atoms with E-state index in [0.717, 1.165) is 11.3 Å². The molecule has 2 aromatic carbocycles. The zero-order chi connectivity index (χ0) is 14.3. The van der Waals surface area contributed by atoms with Crippen molar-refractivity contribution in [1.29, 1.82) is 0 Å². The average Bonchev–Trinajstić information content (AvgIpc) is 2.40. The van der Waals surface area contributed by atoms with Gasteiger partial charge in [-0.15, -0.1) is 0 Å². The maximum atomic E-state index is 10.7. The minimum Gasteiger partial charge on any atom is -0.388 e. The van der Waals surface area contributed by atoms with E-state index in [9.17, 15) is 8.42 Å². The van der Waals surface area contributed by atoms with E-state index in [2.05, 4.69) is 5.32 Å². The van der Waals surface area contributed by atoms with Crippen molar-refractivity contribution < 1.29 is 8.42 Å². The highest BCUT2D eigenvalue weighted by Gasteiger charge is 2.07. The summed E-state index contributed by atoms with van der Waals surface area (Å²) in [7, 11) is 3.45. The van der Waals surface area contributed by atoms with Crippen molar-refractivity contribution in [3.05, 3.63) is 60.2 Å². The van der Waals surface area contributed by atoms with Crippen molar-refractivity contribution in [3.8, 4) is 0 Å². The number of aryl methyl sites for hydroxylation is 1. The molecule has 0 atom stereocenters. The minimum absolute atomic E-state index is 0.143. The van der Waals surface area contributed by atoms with Gasteiger partial charge in [0.15, 0.2) is 0 Å². The lowest BCUT2D eigenvalue weighted by Gasteiger charge is -1.94. The van der Waals surface area contributed by atoms with Crippen LogP contribution >= 0.6 is 10.7 Å². The van der Waals surface area contributed by atoms with Crippen LogP contribution < -0.4 is 5.32 Å². The third-order valence-electron chi connectivity index (χ3n) is 2.36. The second kappa shape index (κ2) is 7.16. The van der Waals surface area contributed by atoms with E-state index in [1.807, 2.05) is 44.3 Å². The summed E-state index contributed by atoms with van der Waals surface area (Å²) in [5.41, 5.74) is 2.17. The molecule has 19 heavy (non-hydrogen) atoms. The van der Waals surface area contributed by atoms with Crippen LogP contribution in [0.4, 0.5) is 5.69 Å². The fraction of sp³-hybridized carbons (Fsp3) is 0.143. The van der Waals surface area contributed by atoms with E-state index in [4.69, 9.17) is 10.7 Å². The second-order valence-corrected chi connectivity index (χ2v) is 6.43. The highest BCUT2D eigenvalue weighted by Crippen LogP contribution is 2.14. The summed E-state index contributed by atoms with van der Waals surface area (Å²) in [5.74, 6) is 0. The number of para-hydroxylation sites is 1. The van der Waals surface area contributed by atoms with Crippen LogP contribution in [0.15, 0.2) is 59.5 Å². The number of halogens is 1. The standard InChI is InChI=1S/C7H7ClO2S.C7H9N/c1-6-2-4-7(5-3-6)11(8,9)10;1-8-7-5-3-2-4-6-7/h2-5H,1H3;2-6,8H,1H3. The normalized spacial score (nSPS) is 10.3. The zero-order valence-corrected chi connectivity index (χ0v) is 12.4. The summed E-state index contributed by atoms with van der Waals surface area (Å²) < 4.78 is 21.4. The van der Waals surface area contributed by atoms with Gasteiger partial charge in [0.2, 0.25) is 0 Å². The quantitative estimate of drug-likeness (QED) is 0.861. The lowest BCUT2D eigenvalue weighted by atomic mass is 10.2. The Kier molecular flexibility index (Phi) is 5.86. The molecule has 0 aliphatic heterocycles. The van der Waals surface area contributed by atoms with Gasteiger partial charge in [-0.05, 0) is 31.2 Å². The minimum atomic E-state index is -3.55. The Labute approximate surface area is 118 Å². The van der Waals surface area contributed by atoms with E-state index in [0.29, 0.717) is 0 Å². The molecule has 0 aliphatic rings. The predicted molar refractivity (Wildman–Crippen MR) is 80.2 cm³/mol. The first kappa shape index (κ1) is 15.5. The van der Waals surface area contributed by atoms with Crippen molar-refractivity contribution in [3.63, 3.8) is 0 Å². The van der Waals surface area contributed by atoms with Gasteiger partial charge in [-0.2, -0.15) is 0 Å². The molecule has 0 unspecified atom stereocenters. The van der Waals surface area contributed by atoms with Gasteiger partial charge < -0.3 is 5.32 Å². The van der Waals surface area contributed by atoms with Crippen LogP contribution in [-0.2, 0) is 9.05 Å². The molecule has 0 heterocycles. The Balaban J connectivity index is 0.000000200. The number of benzene rings is 2. The van der Waals surface area contributed by atoms with Gasteiger partial charge in [-0.1, -0.05) is 35.9 Å². The Hall–Kier alpha value is -1.52. The Bertz CT molecular complexity index is 595. The molecule has 102 valence electrons. The molecular weight excluding hydrogens is 282 g/mol. The summed E-state index contributed by atoms with van der Waals surface area (Å²) in [4.78, 5) is 0.143. The third-order valence-corrected chi connectivity index (χ3v) is 3.73. The van der Waals surface area contributed by atoms with E-state index >= 15 is 0 Å². The van der Waals surface area contributed by atoms with E-state index < -0.39 is 9.05 Å².